The topological polar surface area (TPSA) is 55.4 Å². The fraction of sp³-hybridized carbons (Fsp3) is 0.200. The Kier molecular flexibility index (Phi) is 5.77. The Morgan fingerprint density at radius 1 is 1.18 bits per heavy atom. The summed E-state index contributed by atoms with van der Waals surface area (Å²) in [5.74, 6) is -0.576. The van der Waals surface area contributed by atoms with Crippen molar-refractivity contribution in [3.63, 3.8) is 0 Å². The number of amides is 1. The maximum absolute atomic E-state index is 12.1. The van der Waals surface area contributed by atoms with Gasteiger partial charge in [-0.05, 0) is 76.0 Å². The summed E-state index contributed by atoms with van der Waals surface area (Å²) >= 11 is 8.04. The summed E-state index contributed by atoms with van der Waals surface area (Å²) in [6.45, 7) is 3.59. The van der Waals surface area contributed by atoms with Gasteiger partial charge in [0.05, 0.1) is 20.3 Å². The molecule has 1 aromatic heterocycles. The van der Waals surface area contributed by atoms with Crippen LogP contribution < -0.4 is 5.32 Å². The van der Waals surface area contributed by atoms with Crippen molar-refractivity contribution in [1.29, 1.82) is 0 Å². The second-order valence-corrected chi connectivity index (χ2v) is 7.94. The van der Waals surface area contributed by atoms with E-state index >= 15 is 0 Å². The van der Waals surface area contributed by atoms with Gasteiger partial charge >= 0.3 is 5.97 Å². The van der Waals surface area contributed by atoms with Crippen LogP contribution in [0, 0.1) is 0 Å². The van der Waals surface area contributed by atoms with E-state index in [1.807, 2.05) is 0 Å². The molecule has 7 heteroatoms. The summed E-state index contributed by atoms with van der Waals surface area (Å²) in [7, 11) is 0. The van der Waals surface area contributed by atoms with E-state index in [0.29, 0.717) is 16.1 Å². The lowest BCUT2D eigenvalue weighted by Crippen LogP contribution is -2.12. The lowest BCUT2D eigenvalue weighted by molar-refractivity contribution is 0.0378. The number of halogens is 2. The van der Waals surface area contributed by atoms with Crippen molar-refractivity contribution < 1.29 is 14.3 Å². The van der Waals surface area contributed by atoms with Crippen molar-refractivity contribution >= 4 is 60.8 Å². The van der Waals surface area contributed by atoms with Crippen LogP contribution in [0.5, 0.6) is 0 Å². The van der Waals surface area contributed by atoms with E-state index in [1.54, 1.807) is 44.2 Å². The third kappa shape index (κ3) is 4.41. The number of esters is 1. The van der Waals surface area contributed by atoms with Crippen molar-refractivity contribution in [3.05, 3.63) is 49.0 Å². The maximum atomic E-state index is 12.1. The molecule has 0 unspecified atom stereocenters. The second kappa shape index (κ2) is 7.39. The first-order chi connectivity index (χ1) is 10.4. The Balaban J connectivity index is 2.05. The molecular weight excluding hydrogens is 434 g/mol. The van der Waals surface area contributed by atoms with Gasteiger partial charge in [-0.25, -0.2) is 4.79 Å². The third-order valence-electron chi connectivity index (χ3n) is 2.59. The summed E-state index contributed by atoms with van der Waals surface area (Å²) < 4.78 is 6.81. The van der Waals surface area contributed by atoms with E-state index in [9.17, 15) is 9.59 Å². The minimum Gasteiger partial charge on any atom is -0.459 e. The molecule has 2 aromatic rings. The molecule has 0 aliphatic carbocycles. The van der Waals surface area contributed by atoms with Crippen molar-refractivity contribution in [1.82, 2.24) is 0 Å². The number of benzene rings is 1. The molecule has 0 fully saturated rings. The predicted octanol–water partition coefficient (Wildman–Crippen LogP) is 5.09. The van der Waals surface area contributed by atoms with E-state index in [-0.39, 0.29) is 18.0 Å². The lowest BCUT2D eigenvalue weighted by Gasteiger charge is -2.08. The van der Waals surface area contributed by atoms with Crippen LogP contribution in [0.25, 0.3) is 0 Å². The molecule has 4 nitrogen and oxygen atoms in total. The molecule has 2 rings (SSSR count). The molecule has 0 aliphatic rings. The van der Waals surface area contributed by atoms with Gasteiger partial charge in [0.1, 0.15) is 0 Å². The molecule has 0 atom stereocenters. The van der Waals surface area contributed by atoms with Crippen LogP contribution >= 0.6 is 43.2 Å². The molecular formula is C15H13Br2NO3S. The molecule has 1 aromatic carbocycles. The van der Waals surface area contributed by atoms with Crippen molar-refractivity contribution in [2.75, 3.05) is 5.32 Å². The van der Waals surface area contributed by atoms with E-state index in [2.05, 4.69) is 37.2 Å². The first-order valence-corrected chi connectivity index (χ1v) is 8.84. The van der Waals surface area contributed by atoms with Crippen LogP contribution in [0.2, 0.25) is 0 Å². The SMILES string of the molecule is CC(C)OC(=O)c1ccc(NC(=O)c2cc(Br)c(Br)s2)cc1. The number of carbonyl (C=O) groups excluding carboxylic acids is 2. The second-order valence-electron chi connectivity index (χ2n) is 4.72. The average molecular weight is 447 g/mol. The van der Waals surface area contributed by atoms with Crippen LogP contribution in [0.3, 0.4) is 0 Å². The summed E-state index contributed by atoms with van der Waals surface area (Å²) in [5.41, 5.74) is 1.07. The number of hydrogen-bond donors (Lipinski definition) is 1. The van der Waals surface area contributed by atoms with E-state index < -0.39 is 0 Å². The molecule has 22 heavy (non-hydrogen) atoms. The fourth-order valence-electron chi connectivity index (χ4n) is 1.62. The van der Waals surface area contributed by atoms with E-state index in [1.165, 1.54) is 11.3 Å². The van der Waals surface area contributed by atoms with Gasteiger partial charge in [-0.1, -0.05) is 0 Å². The van der Waals surface area contributed by atoms with Crippen molar-refractivity contribution in [2.45, 2.75) is 20.0 Å². The number of carbonyl (C=O) groups is 2. The van der Waals surface area contributed by atoms with Gasteiger partial charge in [-0.2, -0.15) is 0 Å². The van der Waals surface area contributed by atoms with Crippen molar-refractivity contribution in [3.8, 4) is 0 Å². The van der Waals surface area contributed by atoms with Crippen LogP contribution in [0.4, 0.5) is 5.69 Å². The van der Waals surface area contributed by atoms with Crippen LogP contribution in [-0.2, 0) is 4.74 Å². The largest absolute Gasteiger partial charge is 0.459 e. The zero-order chi connectivity index (χ0) is 16.3. The number of anilines is 1. The summed E-state index contributed by atoms with van der Waals surface area (Å²) in [5, 5.41) is 2.78. The van der Waals surface area contributed by atoms with E-state index in [4.69, 9.17) is 4.74 Å². The first kappa shape index (κ1) is 17.2. The Morgan fingerprint density at radius 3 is 2.32 bits per heavy atom. The molecule has 0 radical (unpaired) electrons. The zero-order valence-corrected chi connectivity index (χ0v) is 15.8. The normalized spacial score (nSPS) is 10.6. The number of nitrogens with one attached hydrogen (secondary N) is 1. The molecule has 0 saturated carbocycles. The van der Waals surface area contributed by atoms with Gasteiger partial charge in [0.25, 0.3) is 5.91 Å². The van der Waals surface area contributed by atoms with Gasteiger partial charge in [0.15, 0.2) is 0 Å². The van der Waals surface area contributed by atoms with Crippen molar-refractivity contribution in [2.24, 2.45) is 0 Å². The standard InChI is InChI=1S/C15H13Br2NO3S/c1-8(2)21-15(20)9-3-5-10(6-4-9)18-14(19)12-7-11(16)13(17)22-12/h3-8H,1-2H3,(H,18,19). The van der Waals surface area contributed by atoms with E-state index in [0.717, 1.165) is 8.26 Å². The average Bonchev–Trinajstić information content (AvgIpc) is 2.79. The minimum atomic E-state index is -0.376. The smallest absolute Gasteiger partial charge is 0.338 e. The van der Waals surface area contributed by atoms with Crippen LogP contribution in [0.15, 0.2) is 38.6 Å². The fourth-order valence-corrected chi connectivity index (χ4v) is 3.55. The maximum Gasteiger partial charge on any atom is 0.338 e. The van der Waals surface area contributed by atoms with Gasteiger partial charge in [0.2, 0.25) is 0 Å². The predicted molar refractivity (Wildman–Crippen MR) is 94.7 cm³/mol. The molecule has 0 aliphatic heterocycles. The number of rotatable bonds is 4. The highest BCUT2D eigenvalue weighted by Gasteiger charge is 2.13. The van der Waals surface area contributed by atoms with Crippen LogP contribution in [0.1, 0.15) is 33.9 Å². The Hall–Kier alpha value is -1.18. The highest BCUT2D eigenvalue weighted by atomic mass is 79.9. The number of thiophene rings is 1. The molecule has 116 valence electrons. The Morgan fingerprint density at radius 2 is 1.82 bits per heavy atom. The quantitative estimate of drug-likeness (QED) is 0.665. The summed E-state index contributed by atoms with van der Waals surface area (Å²) in [6.07, 6.45) is -0.164. The lowest BCUT2D eigenvalue weighted by atomic mass is 10.2. The highest BCUT2D eigenvalue weighted by molar-refractivity contribution is 9.13. The van der Waals surface area contributed by atoms with Gasteiger partial charge in [0, 0.05) is 10.2 Å². The first-order valence-electron chi connectivity index (χ1n) is 6.44. The summed E-state index contributed by atoms with van der Waals surface area (Å²) in [6, 6.07) is 8.35. The van der Waals surface area contributed by atoms with Crippen LogP contribution in [-0.4, -0.2) is 18.0 Å². The molecule has 0 saturated heterocycles. The van der Waals surface area contributed by atoms with Gasteiger partial charge in [-0.3, -0.25) is 4.79 Å². The molecule has 1 amide bonds. The molecule has 0 bridgehead atoms. The number of ether oxygens (including phenoxy) is 1. The number of hydrogen-bond acceptors (Lipinski definition) is 4. The minimum absolute atomic E-state index is 0.164. The zero-order valence-electron chi connectivity index (χ0n) is 11.9. The Bertz CT molecular complexity index is 676. The molecule has 1 N–H and O–H groups in total. The summed E-state index contributed by atoms with van der Waals surface area (Å²) in [4.78, 5) is 24.4. The van der Waals surface area contributed by atoms with Gasteiger partial charge < -0.3 is 10.1 Å². The van der Waals surface area contributed by atoms with Gasteiger partial charge in [-0.15, -0.1) is 11.3 Å². The third-order valence-corrected chi connectivity index (χ3v) is 5.85. The molecule has 0 spiro atoms. The molecule has 1 heterocycles. The highest BCUT2D eigenvalue weighted by Crippen LogP contribution is 2.32. The monoisotopic (exact) mass is 445 g/mol. The Labute approximate surface area is 149 Å².